The van der Waals surface area contributed by atoms with Gasteiger partial charge in [0.15, 0.2) is 0 Å². The van der Waals surface area contributed by atoms with Crippen LogP contribution in [0.2, 0.25) is 0 Å². The highest BCUT2D eigenvalue weighted by atomic mass is 16.5. The summed E-state index contributed by atoms with van der Waals surface area (Å²) in [6, 6.07) is 5.35. The van der Waals surface area contributed by atoms with Gasteiger partial charge in [-0.25, -0.2) is 4.79 Å². The highest BCUT2D eigenvalue weighted by Crippen LogP contribution is 2.25. The summed E-state index contributed by atoms with van der Waals surface area (Å²) in [6.07, 6.45) is 1.48. The third-order valence-electron chi connectivity index (χ3n) is 3.89. The molecule has 1 saturated heterocycles. The topological polar surface area (TPSA) is 90.9 Å². The van der Waals surface area contributed by atoms with E-state index in [0.717, 1.165) is 18.4 Å². The number of ether oxygens (including phenoxy) is 1. The van der Waals surface area contributed by atoms with Gasteiger partial charge in [-0.2, -0.15) is 0 Å². The second-order valence-corrected chi connectivity index (χ2v) is 5.75. The fourth-order valence-electron chi connectivity index (χ4n) is 2.67. The molecular weight excluding hydrogens is 298 g/mol. The van der Waals surface area contributed by atoms with E-state index in [9.17, 15) is 9.59 Å². The van der Waals surface area contributed by atoms with Crippen LogP contribution in [0.1, 0.15) is 18.4 Å². The van der Waals surface area contributed by atoms with Crippen molar-refractivity contribution in [3.8, 4) is 5.75 Å². The normalized spacial score (nSPS) is 15.9. The van der Waals surface area contributed by atoms with Crippen molar-refractivity contribution in [1.82, 2.24) is 10.2 Å². The smallest absolute Gasteiger partial charge is 0.319 e. The number of carbonyl (C=O) groups excluding carboxylic acids is 1. The number of amides is 2. The first-order valence-electron chi connectivity index (χ1n) is 7.64. The zero-order valence-corrected chi connectivity index (χ0v) is 13.5. The van der Waals surface area contributed by atoms with Crippen molar-refractivity contribution in [3.63, 3.8) is 0 Å². The summed E-state index contributed by atoms with van der Waals surface area (Å²) in [5.41, 5.74) is 1.68. The molecule has 1 aromatic carbocycles. The summed E-state index contributed by atoms with van der Waals surface area (Å²) in [4.78, 5) is 24.7. The van der Waals surface area contributed by atoms with Gasteiger partial charge in [-0.1, -0.05) is 6.07 Å². The lowest BCUT2D eigenvalue weighted by Gasteiger charge is -2.31. The van der Waals surface area contributed by atoms with Crippen LogP contribution in [-0.2, 0) is 4.79 Å². The van der Waals surface area contributed by atoms with Gasteiger partial charge in [0.05, 0.1) is 19.3 Å². The number of likely N-dealkylation sites (tertiary alicyclic amines) is 1. The summed E-state index contributed by atoms with van der Waals surface area (Å²) in [7, 11) is 1.57. The highest BCUT2D eigenvalue weighted by molar-refractivity contribution is 5.91. The molecule has 1 aliphatic heterocycles. The van der Waals surface area contributed by atoms with Gasteiger partial charge in [0.25, 0.3) is 0 Å². The lowest BCUT2D eigenvalue weighted by Crippen LogP contribution is -2.47. The van der Waals surface area contributed by atoms with E-state index in [1.807, 2.05) is 30.0 Å². The van der Waals surface area contributed by atoms with Gasteiger partial charge in [0, 0.05) is 19.1 Å². The molecule has 0 aliphatic carbocycles. The van der Waals surface area contributed by atoms with E-state index in [1.54, 1.807) is 7.11 Å². The van der Waals surface area contributed by atoms with Crippen molar-refractivity contribution in [2.75, 3.05) is 32.1 Å². The van der Waals surface area contributed by atoms with Crippen molar-refractivity contribution in [2.45, 2.75) is 25.8 Å². The maximum absolute atomic E-state index is 12.1. The molecule has 7 heteroatoms. The minimum Gasteiger partial charge on any atom is -0.495 e. The molecular formula is C16H23N3O4. The molecule has 1 heterocycles. The SMILES string of the molecule is COc1cc(C)ccc1NC(=O)NC1CCN(CC(=O)O)CC1. The second-order valence-electron chi connectivity index (χ2n) is 5.75. The predicted molar refractivity (Wildman–Crippen MR) is 87.0 cm³/mol. The van der Waals surface area contributed by atoms with E-state index in [-0.39, 0.29) is 18.6 Å². The number of aliphatic carboxylic acids is 1. The van der Waals surface area contributed by atoms with Crippen molar-refractivity contribution < 1.29 is 19.4 Å². The molecule has 1 aliphatic rings. The molecule has 7 nitrogen and oxygen atoms in total. The number of nitrogens with one attached hydrogen (secondary N) is 2. The van der Waals surface area contributed by atoms with Crippen LogP contribution in [0.5, 0.6) is 5.75 Å². The summed E-state index contributed by atoms with van der Waals surface area (Å²) < 4.78 is 5.26. The standard InChI is InChI=1S/C16H23N3O4/c1-11-3-4-13(14(9-11)23-2)18-16(22)17-12-5-7-19(8-6-12)10-15(20)21/h3-4,9,12H,5-8,10H2,1-2H3,(H,20,21)(H2,17,18,22). The Balaban J connectivity index is 1.83. The number of benzene rings is 1. The molecule has 23 heavy (non-hydrogen) atoms. The van der Waals surface area contributed by atoms with Crippen LogP contribution in [0.4, 0.5) is 10.5 Å². The first-order chi connectivity index (χ1) is 11.0. The molecule has 0 atom stereocenters. The number of aryl methyl sites for hydroxylation is 1. The number of nitrogens with zero attached hydrogens (tertiary/aromatic N) is 1. The molecule has 0 spiro atoms. The molecule has 2 rings (SSSR count). The molecule has 1 fully saturated rings. The number of carbonyl (C=O) groups is 2. The fourth-order valence-corrected chi connectivity index (χ4v) is 2.67. The minimum absolute atomic E-state index is 0.0523. The lowest BCUT2D eigenvalue weighted by molar-refractivity contribution is -0.138. The number of urea groups is 1. The maximum atomic E-state index is 12.1. The van der Waals surface area contributed by atoms with Crippen molar-refractivity contribution in [2.24, 2.45) is 0 Å². The monoisotopic (exact) mass is 321 g/mol. The number of carboxylic acid groups (broad SMARTS) is 1. The van der Waals surface area contributed by atoms with Gasteiger partial charge < -0.3 is 20.5 Å². The molecule has 2 amide bonds. The number of anilines is 1. The van der Waals surface area contributed by atoms with E-state index < -0.39 is 5.97 Å². The van der Waals surface area contributed by atoms with Crippen LogP contribution in [0, 0.1) is 6.92 Å². The Morgan fingerprint density at radius 2 is 2.04 bits per heavy atom. The number of rotatable bonds is 5. The largest absolute Gasteiger partial charge is 0.495 e. The summed E-state index contributed by atoms with van der Waals surface area (Å²) in [5, 5.41) is 14.5. The van der Waals surface area contributed by atoms with Crippen LogP contribution in [0.3, 0.4) is 0 Å². The average molecular weight is 321 g/mol. The summed E-state index contributed by atoms with van der Waals surface area (Å²) >= 11 is 0. The van der Waals surface area contributed by atoms with Crippen LogP contribution in [-0.4, -0.2) is 54.8 Å². The van der Waals surface area contributed by atoms with Gasteiger partial charge in [0.1, 0.15) is 5.75 Å². The van der Waals surface area contributed by atoms with Gasteiger partial charge in [-0.05, 0) is 37.5 Å². The Labute approximate surface area is 135 Å². The van der Waals surface area contributed by atoms with Crippen molar-refractivity contribution in [3.05, 3.63) is 23.8 Å². The average Bonchev–Trinajstić information content (AvgIpc) is 2.50. The Morgan fingerprint density at radius 3 is 2.65 bits per heavy atom. The van der Waals surface area contributed by atoms with Gasteiger partial charge >= 0.3 is 12.0 Å². The van der Waals surface area contributed by atoms with Crippen LogP contribution < -0.4 is 15.4 Å². The molecule has 126 valence electrons. The zero-order chi connectivity index (χ0) is 16.8. The van der Waals surface area contributed by atoms with Crippen LogP contribution in [0.25, 0.3) is 0 Å². The molecule has 0 radical (unpaired) electrons. The maximum Gasteiger partial charge on any atom is 0.319 e. The second kappa shape index (κ2) is 7.82. The molecule has 0 bridgehead atoms. The minimum atomic E-state index is -0.819. The summed E-state index contributed by atoms with van der Waals surface area (Å²) in [5.74, 6) is -0.197. The molecule has 0 saturated carbocycles. The molecule has 1 aromatic rings. The van der Waals surface area contributed by atoms with Crippen molar-refractivity contribution >= 4 is 17.7 Å². The lowest BCUT2D eigenvalue weighted by atomic mass is 10.1. The van der Waals surface area contributed by atoms with E-state index in [1.165, 1.54) is 0 Å². The Hall–Kier alpha value is -2.28. The fraction of sp³-hybridized carbons (Fsp3) is 0.500. The molecule has 3 N–H and O–H groups in total. The van der Waals surface area contributed by atoms with Crippen LogP contribution >= 0.6 is 0 Å². The van der Waals surface area contributed by atoms with E-state index >= 15 is 0 Å². The first kappa shape index (κ1) is 17.1. The highest BCUT2D eigenvalue weighted by Gasteiger charge is 2.22. The first-order valence-corrected chi connectivity index (χ1v) is 7.64. The van der Waals surface area contributed by atoms with Gasteiger partial charge in [0.2, 0.25) is 0 Å². The van der Waals surface area contributed by atoms with Gasteiger partial charge in [-0.3, -0.25) is 9.69 Å². The third-order valence-corrected chi connectivity index (χ3v) is 3.89. The number of piperidine rings is 1. The number of methoxy groups -OCH3 is 1. The van der Waals surface area contributed by atoms with Crippen LogP contribution in [0.15, 0.2) is 18.2 Å². The summed E-state index contributed by atoms with van der Waals surface area (Å²) in [6.45, 7) is 3.35. The van der Waals surface area contributed by atoms with E-state index in [4.69, 9.17) is 9.84 Å². The van der Waals surface area contributed by atoms with Gasteiger partial charge in [-0.15, -0.1) is 0 Å². The Morgan fingerprint density at radius 1 is 1.35 bits per heavy atom. The third kappa shape index (κ3) is 5.14. The number of hydrogen-bond acceptors (Lipinski definition) is 4. The zero-order valence-electron chi connectivity index (χ0n) is 13.5. The van der Waals surface area contributed by atoms with Crippen molar-refractivity contribution in [1.29, 1.82) is 0 Å². The Bertz CT molecular complexity index is 568. The number of hydrogen-bond donors (Lipinski definition) is 3. The van der Waals surface area contributed by atoms with E-state index in [0.29, 0.717) is 24.5 Å². The predicted octanol–water partition coefficient (Wildman–Crippen LogP) is 1.67. The molecule has 0 unspecified atom stereocenters. The Kier molecular flexibility index (Phi) is 5.81. The quantitative estimate of drug-likeness (QED) is 0.767. The number of carboxylic acids is 1. The van der Waals surface area contributed by atoms with E-state index in [2.05, 4.69) is 10.6 Å². The molecule has 0 aromatic heterocycles.